The third kappa shape index (κ3) is 4.92. The van der Waals surface area contributed by atoms with Gasteiger partial charge in [-0.15, -0.1) is 0 Å². The Morgan fingerprint density at radius 2 is 1.86 bits per heavy atom. The zero-order valence-corrected chi connectivity index (χ0v) is 22.4. The molecule has 0 atom stereocenters. The van der Waals surface area contributed by atoms with Crippen LogP contribution in [0.3, 0.4) is 0 Å². The van der Waals surface area contributed by atoms with Crippen LogP contribution in [0, 0.1) is 6.92 Å². The second-order valence-electron chi connectivity index (χ2n) is 11.4. The third-order valence-electron chi connectivity index (χ3n) is 6.77. The number of piperazine rings is 1. The molecular weight excluding hydrogens is 470 g/mol. The van der Waals surface area contributed by atoms with E-state index in [1.165, 1.54) is 0 Å². The molecule has 3 amide bonds. The Morgan fingerprint density at radius 1 is 1.08 bits per heavy atom. The number of imidazole rings is 1. The maximum absolute atomic E-state index is 13.2. The fourth-order valence-electron chi connectivity index (χ4n) is 5.17. The normalized spacial score (nSPS) is 17.2. The molecule has 37 heavy (non-hydrogen) atoms. The maximum Gasteiger partial charge on any atom is 0.410 e. The Labute approximate surface area is 217 Å². The molecular formula is C27H35N7O3. The number of aromatic nitrogens is 3. The number of urea groups is 1. The summed E-state index contributed by atoms with van der Waals surface area (Å²) >= 11 is 0. The van der Waals surface area contributed by atoms with E-state index in [2.05, 4.69) is 34.0 Å². The van der Waals surface area contributed by atoms with E-state index in [4.69, 9.17) is 4.74 Å². The summed E-state index contributed by atoms with van der Waals surface area (Å²) in [5, 5.41) is 3.00. The van der Waals surface area contributed by atoms with E-state index in [9.17, 15) is 9.59 Å². The van der Waals surface area contributed by atoms with E-state index in [0.717, 1.165) is 29.0 Å². The lowest BCUT2D eigenvalue weighted by Gasteiger charge is -2.48. The molecule has 3 aromatic rings. The molecule has 10 nitrogen and oxygen atoms in total. The summed E-state index contributed by atoms with van der Waals surface area (Å²) in [6.07, 6.45) is 5.98. The molecule has 1 N–H and O–H groups in total. The number of carbonyl (C=O) groups is 2. The second kappa shape index (κ2) is 8.93. The molecule has 0 aliphatic carbocycles. The lowest BCUT2D eigenvalue weighted by molar-refractivity contribution is 0.000364. The van der Waals surface area contributed by atoms with Crippen LogP contribution in [-0.4, -0.2) is 68.7 Å². The van der Waals surface area contributed by atoms with Gasteiger partial charge >= 0.3 is 12.1 Å². The van der Waals surface area contributed by atoms with E-state index in [1.807, 2.05) is 67.6 Å². The van der Waals surface area contributed by atoms with E-state index in [-0.39, 0.29) is 12.1 Å². The smallest absolute Gasteiger partial charge is 0.410 e. The van der Waals surface area contributed by atoms with Crippen LogP contribution in [0.1, 0.15) is 45.9 Å². The van der Waals surface area contributed by atoms with Crippen molar-refractivity contribution in [2.24, 2.45) is 0 Å². The van der Waals surface area contributed by atoms with Gasteiger partial charge in [-0.1, -0.05) is 0 Å². The molecule has 196 valence electrons. The number of nitrogens with zero attached hydrogens (tertiary/aromatic N) is 6. The highest BCUT2D eigenvalue weighted by molar-refractivity contribution is 6.03. The maximum atomic E-state index is 13.2. The van der Waals surface area contributed by atoms with Gasteiger partial charge in [0.15, 0.2) is 0 Å². The number of ether oxygens (including phenoxy) is 1. The van der Waals surface area contributed by atoms with Crippen LogP contribution in [0.15, 0.2) is 36.8 Å². The van der Waals surface area contributed by atoms with E-state index < -0.39 is 11.1 Å². The highest BCUT2D eigenvalue weighted by Gasteiger charge is 2.40. The van der Waals surface area contributed by atoms with Crippen LogP contribution in [-0.2, 0) is 11.2 Å². The lowest BCUT2D eigenvalue weighted by Crippen LogP contribution is -2.62. The summed E-state index contributed by atoms with van der Waals surface area (Å²) in [4.78, 5) is 40.8. The molecule has 2 aliphatic rings. The Hall–Kier alpha value is -3.82. The van der Waals surface area contributed by atoms with Crippen molar-refractivity contribution in [2.75, 3.05) is 41.3 Å². The Bertz CT molecular complexity index is 1360. The number of pyridine rings is 2. The SMILES string of the molecule is Cc1cn2cc(NC(=O)N3CCc4c(N5CCN(C(=O)OC(C)(C)C)C(C)(C)C5)ccnc43)ccc2n1. The van der Waals surface area contributed by atoms with Gasteiger partial charge in [0.05, 0.1) is 16.9 Å². The number of amides is 3. The molecule has 10 heteroatoms. The average molecular weight is 506 g/mol. The van der Waals surface area contributed by atoms with Crippen molar-refractivity contribution in [1.82, 2.24) is 19.3 Å². The first-order valence-corrected chi connectivity index (χ1v) is 12.7. The van der Waals surface area contributed by atoms with Gasteiger partial charge in [0.2, 0.25) is 0 Å². The van der Waals surface area contributed by atoms with Crippen LogP contribution < -0.4 is 15.1 Å². The average Bonchev–Trinajstić information content (AvgIpc) is 3.39. The minimum absolute atomic E-state index is 0.213. The molecule has 0 spiro atoms. The van der Waals surface area contributed by atoms with Gasteiger partial charge in [-0.25, -0.2) is 19.6 Å². The van der Waals surface area contributed by atoms with Crippen LogP contribution in [0.25, 0.3) is 5.65 Å². The van der Waals surface area contributed by atoms with Crippen molar-refractivity contribution in [1.29, 1.82) is 0 Å². The molecule has 0 radical (unpaired) electrons. The molecule has 0 bridgehead atoms. The topological polar surface area (TPSA) is 95.3 Å². The molecule has 0 saturated carbocycles. The molecule has 3 aromatic heterocycles. The number of hydrogen-bond donors (Lipinski definition) is 1. The number of aryl methyl sites for hydroxylation is 1. The van der Waals surface area contributed by atoms with E-state index in [0.29, 0.717) is 37.7 Å². The third-order valence-corrected chi connectivity index (χ3v) is 6.77. The minimum atomic E-state index is -0.538. The van der Waals surface area contributed by atoms with Crippen molar-refractivity contribution < 1.29 is 14.3 Å². The zero-order chi connectivity index (χ0) is 26.5. The summed E-state index contributed by atoms with van der Waals surface area (Å²) in [6.45, 7) is 14.1. The van der Waals surface area contributed by atoms with Crippen LogP contribution in [0.5, 0.6) is 0 Å². The highest BCUT2D eigenvalue weighted by Crippen LogP contribution is 2.36. The van der Waals surface area contributed by atoms with Crippen LogP contribution in [0.4, 0.5) is 26.8 Å². The van der Waals surface area contributed by atoms with Crippen molar-refractivity contribution in [3.63, 3.8) is 0 Å². The van der Waals surface area contributed by atoms with Crippen molar-refractivity contribution in [3.8, 4) is 0 Å². The minimum Gasteiger partial charge on any atom is -0.444 e. The van der Waals surface area contributed by atoms with Gasteiger partial charge < -0.3 is 19.4 Å². The van der Waals surface area contributed by atoms with Crippen molar-refractivity contribution >= 4 is 35.0 Å². The van der Waals surface area contributed by atoms with Crippen molar-refractivity contribution in [3.05, 3.63) is 48.0 Å². The first-order chi connectivity index (χ1) is 17.4. The highest BCUT2D eigenvalue weighted by atomic mass is 16.6. The Kier molecular flexibility index (Phi) is 6.00. The Balaban J connectivity index is 1.32. The van der Waals surface area contributed by atoms with Crippen LogP contribution in [0.2, 0.25) is 0 Å². The number of hydrogen-bond acceptors (Lipinski definition) is 6. The number of rotatable bonds is 2. The predicted octanol–water partition coefficient (Wildman–Crippen LogP) is 4.47. The monoisotopic (exact) mass is 505 g/mol. The largest absolute Gasteiger partial charge is 0.444 e. The summed E-state index contributed by atoms with van der Waals surface area (Å²) in [6, 6.07) is 5.53. The van der Waals surface area contributed by atoms with Gasteiger partial charge in [0.25, 0.3) is 0 Å². The van der Waals surface area contributed by atoms with E-state index >= 15 is 0 Å². The first-order valence-electron chi connectivity index (χ1n) is 12.7. The number of fused-ring (bicyclic) bond motifs is 2. The molecule has 1 saturated heterocycles. The zero-order valence-electron chi connectivity index (χ0n) is 22.4. The molecule has 5 heterocycles. The standard InChI is InChI=1S/C27H35N7O3/c1-18-15-32-16-19(7-8-22(32)29-18)30-24(35)33-12-10-20-21(9-11-28-23(20)33)31-13-14-34(27(5,6)17-31)25(36)37-26(2,3)4/h7-9,11,15-16H,10,12-14,17H2,1-6H3,(H,30,35). The number of nitrogens with one attached hydrogen (secondary N) is 1. The lowest BCUT2D eigenvalue weighted by atomic mass is 9.98. The first kappa shape index (κ1) is 24.9. The molecule has 1 fully saturated rings. The van der Waals surface area contributed by atoms with Crippen LogP contribution >= 0.6 is 0 Å². The summed E-state index contributed by atoms with van der Waals surface area (Å²) in [7, 11) is 0. The van der Waals surface area contributed by atoms with E-state index in [1.54, 1.807) is 11.1 Å². The number of carbonyl (C=O) groups excluding carboxylic acids is 2. The fraction of sp³-hybridized carbons (Fsp3) is 0.481. The quantitative estimate of drug-likeness (QED) is 0.552. The van der Waals surface area contributed by atoms with Gasteiger partial charge in [-0.2, -0.15) is 0 Å². The number of anilines is 3. The Morgan fingerprint density at radius 3 is 2.59 bits per heavy atom. The summed E-state index contributed by atoms with van der Waals surface area (Å²) < 4.78 is 7.54. The van der Waals surface area contributed by atoms with Crippen molar-refractivity contribution in [2.45, 2.75) is 59.1 Å². The molecule has 0 aromatic carbocycles. The molecule has 2 aliphatic heterocycles. The second-order valence-corrected chi connectivity index (χ2v) is 11.4. The van der Waals surface area contributed by atoms with Gasteiger partial charge in [0.1, 0.15) is 17.1 Å². The summed E-state index contributed by atoms with van der Waals surface area (Å²) in [5.41, 5.74) is 3.61. The van der Waals surface area contributed by atoms with Gasteiger partial charge in [0, 0.05) is 56.0 Å². The van der Waals surface area contributed by atoms with Gasteiger partial charge in [-0.05, 0) is 66.2 Å². The molecule has 5 rings (SSSR count). The molecule has 0 unspecified atom stereocenters. The van der Waals surface area contributed by atoms with Gasteiger partial charge in [-0.3, -0.25) is 9.80 Å². The fourth-order valence-corrected chi connectivity index (χ4v) is 5.17. The summed E-state index contributed by atoms with van der Waals surface area (Å²) in [5.74, 6) is 0.682. The predicted molar refractivity (Wildman–Crippen MR) is 143 cm³/mol.